The Kier molecular flexibility index (Phi) is 5.53. The van der Waals surface area contributed by atoms with E-state index in [1.165, 1.54) is 0 Å². The highest BCUT2D eigenvalue weighted by atomic mass is 32.2. The molecule has 4 aromatic rings. The van der Waals surface area contributed by atoms with Gasteiger partial charge in [0.25, 0.3) is 5.56 Å². The van der Waals surface area contributed by atoms with Crippen molar-refractivity contribution in [3.63, 3.8) is 0 Å². The number of benzene rings is 2. The third-order valence-electron chi connectivity index (χ3n) is 5.35. The van der Waals surface area contributed by atoms with Gasteiger partial charge in [0.15, 0.2) is 15.7 Å². The van der Waals surface area contributed by atoms with Gasteiger partial charge in [-0.15, -0.1) is 10.2 Å². The molecule has 162 valence electrons. The van der Waals surface area contributed by atoms with E-state index in [-0.39, 0.29) is 11.3 Å². The van der Waals surface area contributed by atoms with Crippen LogP contribution in [0.2, 0.25) is 0 Å². The summed E-state index contributed by atoms with van der Waals surface area (Å²) >= 11 is 0. The number of sulfone groups is 1. The highest BCUT2D eigenvalue weighted by Crippen LogP contribution is 2.18. The Hall–Kier alpha value is -3.20. The number of para-hydroxylation sites is 1. The van der Waals surface area contributed by atoms with E-state index in [1.54, 1.807) is 24.5 Å². The Morgan fingerprint density at radius 3 is 2.58 bits per heavy atom. The summed E-state index contributed by atoms with van der Waals surface area (Å²) in [7, 11) is -3.18. The predicted molar refractivity (Wildman–Crippen MR) is 122 cm³/mol. The number of hydrogen-bond acceptors (Lipinski definition) is 6. The van der Waals surface area contributed by atoms with Gasteiger partial charge in [0.1, 0.15) is 0 Å². The number of nitrogens with zero attached hydrogens (tertiary/aromatic N) is 4. The smallest absolute Gasteiger partial charge is 0.262 e. The van der Waals surface area contributed by atoms with Gasteiger partial charge in [-0.25, -0.2) is 8.42 Å². The van der Waals surface area contributed by atoms with E-state index in [9.17, 15) is 13.2 Å². The molecular weight excluding hydrogens is 414 g/mol. The molecule has 1 N–H and O–H groups in total. The zero-order valence-corrected chi connectivity index (χ0v) is 18.6. The summed E-state index contributed by atoms with van der Waals surface area (Å²) in [5.41, 5.74) is 2.19. The number of aryl methyl sites for hydroxylation is 1. The molecule has 0 atom stereocenters. The summed E-state index contributed by atoms with van der Waals surface area (Å²) in [5.74, 6) is 1.16. The van der Waals surface area contributed by atoms with Crippen LogP contribution in [0.1, 0.15) is 32.2 Å². The minimum atomic E-state index is -3.18. The Balaban J connectivity index is 1.67. The van der Waals surface area contributed by atoms with Crippen LogP contribution in [0.3, 0.4) is 0 Å². The molecule has 0 aliphatic rings. The number of rotatable bonds is 7. The zero-order chi connectivity index (χ0) is 22.2. The molecule has 0 unspecified atom stereocenters. The SMILES string of the molecule is CCn1c(=O)c2ccccc2n2c(CNc3cccc(CS(=O)(=O)C(C)C)c3)nnc12. The number of anilines is 1. The van der Waals surface area contributed by atoms with Gasteiger partial charge in [-0.05, 0) is 50.6 Å². The fourth-order valence-electron chi connectivity index (χ4n) is 3.57. The van der Waals surface area contributed by atoms with Crippen molar-refractivity contribution in [2.75, 3.05) is 5.32 Å². The summed E-state index contributed by atoms with van der Waals surface area (Å²) in [6, 6.07) is 14.8. The molecule has 0 spiro atoms. The molecule has 2 aromatic carbocycles. The molecule has 0 aliphatic heterocycles. The van der Waals surface area contributed by atoms with Crippen molar-refractivity contribution in [3.8, 4) is 0 Å². The summed E-state index contributed by atoms with van der Waals surface area (Å²) < 4.78 is 28.0. The largest absolute Gasteiger partial charge is 0.378 e. The fourth-order valence-corrected chi connectivity index (χ4v) is 4.54. The molecule has 8 nitrogen and oxygen atoms in total. The molecule has 0 bridgehead atoms. The van der Waals surface area contributed by atoms with Crippen molar-refractivity contribution in [1.29, 1.82) is 0 Å². The average molecular weight is 440 g/mol. The van der Waals surface area contributed by atoms with Crippen LogP contribution in [0.25, 0.3) is 16.7 Å². The van der Waals surface area contributed by atoms with Gasteiger partial charge < -0.3 is 5.32 Å². The van der Waals surface area contributed by atoms with Gasteiger partial charge in [-0.2, -0.15) is 0 Å². The van der Waals surface area contributed by atoms with Gasteiger partial charge >= 0.3 is 0 Å². The predicted octanol–water partition coefficient (Wildman–Crippen LogP) is 3.00. The van der Waals surface area contributed by atoms with E-state index in [2.05, 4.69) is 15.5 Å². The lowest BCUT2D eigenvalue weighted by Gasteiger charge is -2.11. The maximum Gasteiger partial charge on any atom is 0.262 e. The summed E-state index contributed by atoms with van der Waals surface area (Å²) in [4.78, 5) is 12.8. The molecule has 2 aromatic heterocycles. The van der Waals surface area contributed by atoms with Gasteiger partial charge in [-0.1, -0.05) is 24.3 Å². The second-order valence-electron chi connectivity index (χ2n) is 7.73. The third kappa shape index (κ3) is 3.93. The molecule has 0 saturated heterocycles. The molecule has 4 rings (SSSR count). The van der Waals surface area contributed by atoms with E-state index >= 15 is 0 Å². The number of fused-ring (bicyclic) bond motifs is 3. The van der Waals surface area contributed by atoms with Crippen LogP contribution in [-0.2, 0) is 28.7 Å². The number of aromatic nitrogens is 4. The first-order valence-corrected chi connectivity index (χ1v) is 11.9. The van der Waals surface area contributed by atoms with Crippen LogP contribution in [0.4, 0.5) is 5.69 Å². The maximum atomic E-state index is 12.8. The highest BCUT2D eigenvalue weighted by molar-refractivity contribution is 7.91. The first-order chi connectivity index (χ1) is 14.8. The standard InChI is InChI=1S/C22H25N5O3S/c1-4-26-21(28)18-10-5-6-11-19(18)27-20(24-25-22(26)27)13-23-17-9-7-8-16(12-17)14-31(29,30)15(2)3/h5-12,15,23H,4,13-14H2,1-3H3. The van der Waals surface area contributed by atoms with E-state index < -0.39 is 15.1 Å². The second kappa shape index (κ2) is 8.14. The molecule has 9 heteroatoms. The molecule has 0 aliphatic carbocycles. The zero-order valence-electron chi connectivity index (χ0n) is 17.7. The van der Waals surface area contributed by atoms with Crippen LogP contribution in [0.5, 0.6) is 0 Å². The summed E-state index contributed by atoms with van der Waals surface area (Å²) in [6.07, 6.45) is 0. The molecule has 0 radical (unpaired) electrons. The molecule has 0 saturated carbocycles. The van der Waals surface area contributed by atoms with Crippen molar-refractivity contribution >= 4 is 32.2 Å². The lowest BCUT2D eigenvalue weighted by atomic mass is 10.2. The van der Waals surface area contributed by atoms with Gasteiger partial charge in [0.05, 0.1) is 28.5 Å². The fraction of sp³-hybridized carbons (Fsp3) is 0.318. The quantitative estimate of drug-likeness (QED) is 0.475. The van der Waals surface area contributed by atoms with E-state index in [0.29, 0.717) is 30.1 Å². The topological polar surface area (TPSA) is 98.4 Å². The lowest BCUT2D eigenvalue weighted by Crippen LogP contribution is -2.23. The highest BCUT2D eigenvalue weighted by Gasteiger charge is 2.18. The van der Waals surface area contributed by atoms with Crippen LogP contribution in [-0.4, -0.2) is 32.8 Å². The third-order valence-corrected chi connectivity index (χ3v) is 7.53. The number of nitrogens with one attached hydrogen (secondary N) is 1. The van der Waals surface area contributed by atoms with E-state index in [4.69, 9.17) is 0 Å². The van der Waals surface area contributed by atoms with Crippen LogP contribution >= 0.6 is 0 Å². The molecular formula is C22H25N5O3S. The van der Waals surface area contributed by atoms with E-state index in [0.717, 1.165) is 16.8 Å². The molecule has 2 heterocycles. The molecule has 31 heavy (non-hydrogen) atoms. The van der Waals surface area contributed by atoms with Crippen LogP contribution in [0, 0.1) is 0 Å². The van der Waals surface area contributed by atoms with Crippen molar-refractivity contribution < 1.29 is 8.42 Å². The Labute approximate surface area is 180 Å². The van der Waals surface area contributed by atoms with Crippen molar-refractivity contribution in [3.05, 3.63) is 70.3 Å². The normalized spacial score (nSPS) is 12.1. The van der Waals surface area contributed by atoms with E-state index in [1.807, 2.05) is 53.8 Å². The Bertz CT molecular complexity index is 1420. The molecule has 0 amide bonds. The van der Waals surface area contributed by atoms with Gasteiger partial charge in [-0.3, -0.25) is 13.8 Å². The van der Waals surface area contributed by atoms with Crippen molar-refractivity contribution in [1.82, 2.24) is 19.2 Å². The van der Waals surface area contributed by atoms with Crippen molar-refractivity contribution in [2.45, 2.75) is 44.9 Å². The molecule has 0 fully saturated rings. The van der Waals surface area contributed by atoms with Crippen LogP contribution < -0.4 is 10.9 Å². The van der Waals surface area contributed by atoms with Gasteiger partial charge in [0, 0.05) is 12.2 Å². The first-order valence-electron chi connectivity index (χ1n) is 10.2. The first kappa shape index (κ1) is 21.0. The minimum Gasteiger partial charge on any atom is -0.378 e. The minimum absolute atomic E-state index is 0.00145. The van der Waals surface area contributed by atoms with Crippen molar-refractivity contribution in [2.24, 2.45) is 0 Å². The van der Waals surface area contributed by atoms with Gasteiger partial charge in [0.2, 0.25) is 5.78 Å². The lowest BCUT2D eigenvalue weighted by molar-refractivity contribution is 0.586. The Morgan fingerprint density at radius 1 is 1.06 bits per heavy atom. The second-order valence-corrected chi connectivity index (χ2v) is 10.3. The van der Waals surface area contributed by atoms with Crippen LogP contribution in [0.15, 0.2) is 53.3 Å². The average Bonchev–Trinajstić information content (AvgIpc) is 3.16. The summed E-state index contributed by atoms with van der Waals surface area (Å²) in [5, 5.41) is 12.1. The number of hydrogen-bond donors (Lipinski definition) is 1. The summed E-state index contributed by atoms with van der Waals surface area (Å²) in [6.45, 7) is 6.14. The monoisotopic (exact) mass is 439 g/mol. The maximum absolute atomic E-state index is 12.8. The Morgan fingerprint density at radius 2 is 1.84 bits per heavy atom.